The number of esters is 1. The van der Waals surface area contributed by atoms with Crippen LogP contribution in [-0.2, 0) is 22.7 Å². The van der Waals surface area contributed by atoms with Gasteiger partial charge in [0.15, 0.2) is 5.76 Å². The van der Waals surface area contributed by atoms with Gasteiger partial charge in [-0.05, 0) is 24.3 Å². The molecule has 0 bridgehead atoms. The van der Waals surface area contributed by atoms with Crippen molar-refractivity contribution in [2.45, 2.75) is 13.2 Å². The summed E-state index contributed by atoms with van der Waals surface area (Å²) in [7, 11) is 2.93. The fraction of sp³-hybridized carbons (Fsp3) is 0.286. The standard InChI is InChI=1S/C14H15NO5/c1-17-9-13-7-11(15-20-13)8-19-12-5-3-10(4-6-12)14(16)18-2/h3-7H,8-9H2,1-2H3. The van der Waals surface area contributed by atoms with Crippen LogP contribution in [0.4, 0.5) is 0 Å². The first-order valence-electron chi connectivity index (χ1n) is 5.97. The van der Waals surface area contributed by atoms with Crippen LogP contribution < -0.4 is 4.74 Å². The second kappa shape index (κ2) is 6.72. The van der Waals surface area contributed by atoms with E-state index in [1.54, 1.807) is 37.4 Å². The van der Waals surface area contributed by atoms with Crippen molar-refractivity contribution in [3.63, 3.8) is 0 Å². The lowest BCUT2D eigenvalue weighted by molar-refractivity contribution is 0.0600. The van der Waals surface area contributed by atoms with Crippen molar-refractivity contribution < 1.29 is 23.5 Å². The van der Waals surface area contributed by atoms with Crippen molar-refractivity contribution in [1.29, 1.82) is 0 Å². The van der Waals surface area contributed by atoms with Gasteiger partial charge in [-0.1, -0.05) is 5.16 Å². The Morgan fingerprint density at radius 3 is 2.60 bits per heavy atom. The van der Waals surface area contributed by atoms with Gasteiger partial charge in [-0.15, -0.1) is 0 Å². The smallest absolute Gasteiger partial charge is 0.337 e. The number of nitrogens with zero attached hydrogens (tertiary/aromatic N) is 1. The molecule has 6 heteroatoms. The second-order valence-corrected chi connectivity index (χ2v) is 4.02. The molecule has 0 radical (unpaired) electrons. The highest BCUT2D eigenvalue weighted by Gasteiger charge is 2.07. The van der Waals surface area contributed by atoms with E-state index in [4.69, 9.17) is 14.0 Å². The first kappa shape index (κ1) is 14.1. The summed E-state index contributed by atoms with van der Waals surface area (Å²) in [5, 5.41) is 3.85. The summed E-state index contributed by atoms with van der Waals surface area (Å²) in [4.78, 5) is 11.3. The zero-order valence-electron chi connectivity index (χ0n) is 11.3. The number of benzene rings is 1. The molecule has 1 heterocycles. The lowest BCUT2D eigenvalue weighted by Gasteiger charge is -2.04. The summed E-state index contributed by atoms with van der Waals surface area (Å²) < 4.78 is 20.1. The minimum atomic E-state index is -0.378. The molecule has 2 aromatic rings. The first-order valence-corrected chi connectivity index (χ1v) is 5.97. The molecule has 0 fully saturated rings. The lowest BCUT2D eigenvalue weighted by Crippen LogP contribution is -2.01. The molecule has 6 nitrogen and oxygen atoms in total. The molecule has 1 aromatic heterocycles. The summed E-state index contributed by atoms with van der Waals surface area (Å²) in [6, 6.07) is 8.44. The van der Waals surface area contributed by atoms with Crippen molar-refractivity contribution in [3.05, 3.63) is 47.3 Å². The van der Waals surface area contributed by atoms with Crippen LogP contribution in [0.2, 0.25) is 0 Å². The third-order valence-electron chi connectivity index (χ3n) is 2.56. The molecule has 0 unspecified atom stereocenters. The van der Waals surface area contributed by atoms with Crippen LogP contribution >= 0.6 is 0 Å². The Kier molecular flexibility index (Phi) is 4.73. The van der Waals surface area contributed by atoms with Gasteiger partial charge in [0, 0.05) is 13.2 Å². The van der Waals surface area contributed by atoms with Crippen molar-refractivity contribution >= 4 is 5.97 Å². The van der Waals surface area contributed by atoms with Crippen LogP contribution in [0.3, 0.4) is 0 Å². The summed E-state index contributed by atoms with van der Waals surface area (Å²) in [6.45, 7) is 0.658. The van der Waals surface area contributed by atoms with Crippen LogP contribution in [0.25, 0.3) is 0 Å². The molecule has 0 aliphatic heterocycles. The molecule has 0 aliphatic rings. The number of hydrogen-bond donors (Lipinski definition) is 0. The number of rotatable bonds is 6. The van der Waals surface area contributed by atoms with E-state index in [1.165, 1.54) is 7.11 Å². The van der Waals surface area contributed by atoms with E-state index >= 15 is 0 Å². The second-order valence-electron chi connectivity index (χ2n) is 4.02. The van der Waals surface area contributed by atoms with Gasteiger partial charge in [0.2, 0.25) is 0 Å². The SMILES string of the molecule is COCc1cc(COc2ccc(C(=O)OC)cc2)no1. The Morgan fingerprint density at radius 1 is 1.20 bits per heavy atom. The Labute approximate surface area is 116 Å². The van der Waals surface area contributed by atoms with Gasteiger partial charge in [0.25, 0.3) is 0 Å². The minimum Gasteiger partial charge on any atom is -0.487 e. The normalized spacial score (nSPS) is 10.3. The summed E-state index contributed by atoms with van der Waals surface area (Å²) >= 11 is 0. The van der Waals surface area contributed by atoms with Gasteiger partial charge >= 0.3 is 5.97 Å². The Morgan fingerprint density at radius 2 is 1.95 bits per heavy atom. The molecule has 0 spiro atoms. The highest BCUT2D eigenvalue weighted by molar-refractivity contribution is 5.89. The zero-order chi connectivity index (χ0) is 14.4. The van der Waals surface area contributed by atoms with Gasteiger partial charge in [0.1, 0.15) is 24.7 Å². The topological polar surface area (TPSA) is 70.8 Å². The third-order valence-corrected chi connectivity index (χ3v) is 2.56. The van der Waals surface area contributed by atoms with Gasteiger partial charge in [0.05, 0.1) is 12.7 Å². The molecule has 0 N–H and O–H groups in total. The fourth-order valence-electron chi connectivity index (χ4n) is 1.60. The Hall–Kier alpha value is -2.34. The average Bonchev–Trinajstić information content (AvgIpc) is 2.93. The molecule has 1 aromatic carbocycles. The Balaban J connectivity index is 1.91. The van der Waals surface area contributed by atoms with Gasteiger partial charge in [-0.25, -0.2) is 4.79 Å². The highest BCUT2D eigenvalue weighted by Crippen LogP contribution is 2.15. The van der Waals surface area contributed by atoms with Gasteiger partial charge < -0.3 is 18.7 Å². The van der Waals surface area contributed by atoms with Crippen molar-refractivity contribution in [1.82, 2.24) is 5.16 Å². The minimum absolute atomic E-state index is 0.283. The molecule has 0 amide bonds. The molecular weight excluding hydrogens is 262 g/mol. The molecule has 0 aliphatic carbocycles. The quantitative estimate of drug-likeness (QED) is 0.754. The van der Waals surface area contributed by atoms with Crippen molar-refractivity contribution in [2.75, 3.05) is 14.2 Å². The predicted octanol–water partition coefficient (Wildman–Crippen LogP) is 2.19. The van der Waals surface area contributed by atoms with E-state index in [-0.39, 0.29) is 12.6 Å². The molecular formula is C14H15NO5. The summed E-state index contributed by atoms with van der Waals surface area (Å²) in [6.07, 6.45) is 0. The molecule has 0 saturated heterocycles. The van der Waals surface area contributed by atoms with Crippen LogP contribution in [0.1, 0.15) is 21.8 Å². The number of aromatic nitrogens is 1. The maximum absolute atomic E-state index is 11.3. The van der Waals surface area contributed by atoms with Crippen molar-refractivity contribution in [2.24, 2.45) is 0 Å². The lowest BCUT2D eigenvalue weighted by atomic mass is 10.2. The number of hydrogen-bond acceptors (Lipinski definition) is 6. The average molecular weight is 277 g/mol. The molecule has 2 rings (SSSR count). The maximum atomic E-state index is 11.3. The van der Waals surface area contributed by atoms with Crippen LogP contribution in [0.15, 0.2) is 34.9 Å². The maximum Gasteiger partial charge on any atom is 0.337 e. The van der Waals surface area contributed by atoms with E-state index in [2.05, 4.69) is 9.89 Å². The monoisotopic (exact) mass is 277 g/mol. The number of carbonyl (C=O) groups excluding carboxylic acids is 1. The van der Waals surface area contributed by atoms with Crippen LogP contribution in [0, 0.1) is 0 Å². The van der Waals surface area contributed by atoms with Crippen LogP contribution in [-0.4, -0.2) is 25.3 Å². The number of carbonyl (C=O) groups is 1. The van der Waals surface area contributed by atoms with Gasteiger partial charge in [-0.2, -0.15) is 0 Å². The van der Waals surface area contributed by atoms with Crippen molar-refractivity contribution in [3.8, 4) is 5.75 Å². The molecule has 0 atom stereocenters. The van der Waals surface area contributed by atoms with E-state index < -0.39 is 0 Å². The number of ether oxygens (including phenoxy) is 3. The van der Waals surface area contributed by atoms with E-state index in [1.807, 2.05) is 0 Å². The van der Waals surface area contributed by atoms with E-state index in [0.29, 0.717) is 29.4 Å². The van der Waals surface area contributed by atoms with Gasteiger partial charge in [-0.3, -0.25) is 0 Å². The fourth-order valence-corrected chi connectivity index (χ4v) is 1.60. The first-order chi connectivity index (χ1) is 9.72. The summed E-state index contributed by atoms with van der Waals surface area (Å²) in [5.74, 6) is 0.901. The van der Waals surface area contributed by atoms with Crippen LogP contribution in [0.5, 0.6) is 5.75 Å². The molecule has 20 heavy (non-hydrogen) atoms. The van der Waals surface area contributed by atoms with E-state index in [0.717, 1.165) is 0 Å². The summed E-state index contributed by atoms with van der Waals surface area (Å²) in [5.41, 5.74) is 1.15. The van der Waals surface area contributed by atoms with E-state index in [9.17, 15) is 4.79 Å². The molecule has 106 valence electrons. The highest BCUT2D eigenvalue weighted by atomic mass is 16.5. The molecule has 0 saturated carbocycles. The predicted molar refractivity (Wildman–Crippen MR) is 69.3 cm³/mol. The largest absolute Gasteiger partial charge is 0.487 e. The third kappa shape index (κ3) is 3.58. The number of methoxy groups -OCH3 is 2. The zero-order valence-corrected chi connectivity index (χ0v) is 11.3. The Bertz CT molecular complexity index is 561.